The van der Waals surface area contributed by atoms with Crippen molar-refractivity contribution in [2.24, 2.45) is 0 Å². The van der Waals surface area contributed by atoms with Crippen LogP contribution in [0.2, 0.25) is 0 Å². The quantitative estimate of drug-likeness (QED) is 0.654. The van der Waals surface area contributed by atoms with Crippen LogP contribution in [0.5, 0.6) is 0 Å². The molecule has 0 fully saturated rings. The van der Waals surface area contributed by atoms with E-state index in [1.807, 2.05) is 30.3 Å². The molecule has 1 aromatic rings. The lowest BCUT2D eigenvalue weighted by molar-refractivity contribution is -0.114. The van der Waals surface area contributed by atoms with Crippen LogP contribution in [0.25, 0.3) is 0 Å². The zero-order valence-electron chi connectivity index (χ0n) is 6.66. The standard InChI is InChI=1S/C10H10ClO/c1-8(12)10(11)7-9-5-3-2-4-6-9/h2-6,10H,1,7H2. The van der Waals surface area contributed by atoms with Gasteiger partial charge in [0.1, 0.15) is 0 Å². The van der Waals surface area contributed by atoms with Gasteiger partial charge in [-0.25, -0.2) is 0 Å². The molecule has 0 aromatic heterocycles. The van der Waals surface area contributed by atoms with Crippen LogP contribution in [0.1, 0.15) is 5.56 Å². The van der Waals surface area contributed by atoms with Gasteiger partial charge in [0, 0.05) is 6.92 Å². The Balaban J connectivity index is 2.58. The molecule has 0 saturated heterocycles. The largest absolute Gasteiger partial charge is 0.298 e. The molecule has 2 heteroatoms. The van der Waals surface area contributed by atoms with Gasteiger partial charge >= 0.3 is 0 Å². The van der Waals surface area contributed by atoms with E-state index in [1.54, 1.807) is 0 Å². The van der Waals surface area contributed by atoms with E-state index >= 15 is 0 Å². The number of hydrogen-bond acceptors (Lipinski definition) is 1. The molecule has 1 rings (SSSR count). The third kappa shape index (κ3) is 2.67. The van der Waals surface area contributed by atoms with Crippen LogP contribution in [0, 0.1) is 6.92 Å². The summed E-state index contributed by atoms with van der Waals surface area (Å²) in [5.41, 5.74) is 1.06. The molecule has 1 atom stereocenters. The highest BCUT2D eigenvalue weighted by Gasteiger charge is 2.09. The molecule has 0 aliphatic carbocycles. The Morgan fingerprint density at radius 2 is 2.00 bits per heavy atom. The highest BCUT2D eigenvalue weighted by molar-refractivity contribution is 6.31. The van der Waals surface area contributed by atoms with Crippen LogP contribution in [0.3, 0.4) is 0 Å². The summed E-state index contributed by atoms with van der Waals surface area (Å²) in [6.07, 6.45) is 0.560. The smallest absolute Gasteiger partial charge is 0.151 e. The van der Waals surface area contributed by atoms with Crippen molar-refractivity contribution >= 4 is 17.4 Å². The van der Waals surface area contributed by atoms with Crippen LogP contribution in [-0.2, 0) is 11.2 Å². The molecule has 0 spiro atoms. The van der Waals surface area contributed by atoms with Gasteiger partial charge in [-0.2, -0.15) is 0 Å². The fourth-order valence-electron chi connectivity index (χ4n) is 0.935. The van der Waals surface area contributed by atoms with Crippen LogP contribution in [0.15, 0.2) is 30.3 Å². The molecule has 0 aliphatic rings. The number of hydrogen-bond donors (Lipinski definition) is 0. The minimum atomic E-state index is -0.493. The summed E-state index contributed by atoms with van der Waals surface area (Å²) in [7, 11) is 0. The van der Waals surface area contributed by atoms with Crippen molar-refractivity contribution in [3.63, 3.8) is 0 Å². The first kappa shape index (κ1) is 9.27. The lowest BCUT2D eigenvalue weighted by atomic mass is 10.1. The van der Waals surface area contributed by atoms with E-state index in [9.17, 15) is 4.79 Å². The summed E-state index contributed by atoms with van der Waals surface area (Å²) in [6.45, 7) is 3.26. The summed E-state index contributed by atoms with van der Waals surface area (Å²) in [6, 6.07) is 9.66. The summed E-state index contributed by atoms with van der Waals surface area (Å²) in [5, 5.41) is -0.493. The van der Waals surface area contributed by atoms with Crippen LogP contribution >= 0.6 is 11.6 Å². The predicted molar refractivity (Wildman–Crippen MR) is 50.2 cm³/mol. The molecular weight excluding hydrogens is 172 g/mol. The molecule has 0 amide bonds. The number of carbonyl (C=O) groups excluding carboxylic acids is 1. The minimum absolute atomic E-state index is 0.222. The van der Waals surface area contributed by atoms with Gasteiger partial charge in [-0.3, -0.25) is 4.79 Å². The van der Waals surface area contributed by atoms with Crippen LogP contribution in [0.4, 0.5) is 0 Å². The van der Waals surface area contributed by atoms with Gasteiger partial charge < -0.3 is 0 Å². The van der Waals surface area contributed by atoms with Gasteiger partial charge in [0.15, 0.2) is 5.78 Å². The van der Waals surface area contributed by atoms with Gasteiger partial charge in [0.2, 0.25) is 0 Å². The number of halogens is 1. The summed E-state index contributed by atoms with van der Waals surface area (Å²) in [5.74, 6) is -0.222. The second kappa shape index (κ2) is 4.27. The SMILES string of the molecule is [CH2]C(=O)C(Cl)Cc1ccccc1. The van der Waals surface area contributed by atoms with Crippen molar-refractivity contribution in [2.75, 3.05) is 0 Å². The van der Waals surface area contributed by atoms with Crippen molar-refractivity contribution < 1.29 is 4.79 Å². The average Bonchev–Trinajstić information content (AvgIpc) is 2.06. The molecule has 0 heterocycles. The molecule has 1 radical (unpaired) electrons. The van der Waals surface area contributed by atoms with Crippen molar-refractivity contribution in [1.29, 1.82) is 0 Å². The fourth-order valence-corrected chi connectivity index (χ4v) is 1.11. The number of carbonyl (C=O) groups is 1. The number of alkyl halides is 1. The second-order valence-corrected chi connectivity index (χ2v) is 3.15. The van der Waals surface area contributed by atoms with E-state index in [1.165, 1.54) is 0 Å². The maximum absolute atomic E-state index is 10.7. The van der Waals surface area contributed by atoms with E-state index < -0.39 is 5.38 Å². The maximum Gasteiger partial charge on any atom is 0.151 e. The molecule has 12 heavy (non-hydrogen) atoms. The summed E-state index contributed by atoms with van der Waals surface area (Å²) < 4.78 is 0. The lowest BCUT2D eigenvalue weighted by Gasteiger charge is -2.04. The Hall–Kier alpha value is -0.820. The van der Waals surface area contributed by atoms with Gasteiger partial charge in [-0.15, -0.1) is 11.6 Å². The van der Waals surface area contributed by atoms with E-state index in [4.69, 9.17) is 11.6 Å². The van der Waals surface area contributed by atoms with E-state index in [-0.39, 0.29) is 5.78 Å². The van der Waals surface area contributed by atoms with Gasteiger partial charge in [0.25, 0.3) is 0 Å². The van der Waals surface area contributed by atoms with Gasteiger partial charge in [-0.05, 0) is 12.0 Å². The first-order chi connectivity index (χ1) is 5.70. The first-order valence-electron chi connectivity index (χ1n) is 3.74. The monoisotopic (exact) mass is 181 g/mol. The molecule has 0 aliphatic heterocycles. The van der Waals surface area contributed by atoms with E-state index in [0.29, 0.717) is 6.42 Å². The Kier molecular flexibility index (Phi) is 3.30. The highest BCUT2D eigenvalue weighted by Crippen LogP contribution is 2.08. The number of rotatable bonds is 3. The molecule has 0 saturated carbocycles. The van der Waals surface area contributed by atoms with E-state index in [2.05, 4.69) is 6.92 Å². The zero-order valence-corrected chi connectivity index (χ0v) is 7.42. The molecule has 1 unspecified atom stereocenters. The first-order valence-corrected chi connectivity index (χ1v) is 4.17. The lowest BCUT2D eigenvalue weighted by Crippen LogP contribution is -2.13. The Morgan fingerprint density at radius 3 is 2.50 bits per heavy atom. The fraction of sp³-hybridized carbons (Fsp3) is 0.200. The number of Topliss-reactive ketones (excluding diaryl/α,β-unsaturated/α-hetero) is 1. The Bertz CT molecular complexity index is 256. The van der Waals surface area contributed by atoms with Crippen LogP contribution < -0.4 is 0 Å². The van der Waals surface area contributed by atoms with Crippen molar-refractivity contribution in [3.05, 3.63) is 42.8 Å². The highest BCUT2D eigenvalue weighted by atomic mass is 35.5. The third-order valence-electron chi connectivity index (χ3n) is 1.61. The van der Waals surface area contributed by atoms with Gasteiger partial charge in [-0.1, -0.05) is 30.3 Å². The predicted octanol–water partition coefficient (Wildman–Crippen LogP) is 2.24. The van der Waals surface area contributed by atoms with Gasteiger partial charge in [0.05, 0.1) is 5.38 Å². The number of benzene rings is 1. The Morgan fingerprint density at radius 1 is 1.42 bits per heavy atom. The molecule has 0 bridgehead atoms. The summed E-state index contributed by atoms with van der Waals surface area (Å²) in [4.78, 5) is 10.7. The zero-order chi connectivity index (χ0) is 8.97. The average molecular weight is 182 g/mol. The molecule has 63 valence electrons. The second-order valence-electron chi connectivity index (χ2n) is 2.62. The minimum Gasteiger partial charge on any atom is -0.298 e. The third-order valence-corrected chi connectivity index (χ3v) is 2.00. The van der Waals surface area contributed by atoms with Crippen molar-refractivity contribution in [1.82, 2.24) is 0 Å². The topological polar surface area (TPSA) is 17.1 Å². The van der Waals surface area contributed by atoms with Crippen molar-refractivity contribution in [3.8, 4) is 0 Å². The molecule has 1 aromatic carbocycles. The Labute approximate surface area is 77.4 Å². The molecule has 1 nitrogen and oxygen atoms in total. The van der Waals surface area contributed by atoms with E-state index in [0.717, 1.165) is 5.56 Å². The molecular formula is C10H10ClO. The maximum atomic E-state index is 10.7. The van der Waals surface area contributed by atoms with Crippen molar-refractivity contribution in [2.45, 2.75) is 11.8 Å². The summed E-state index contributed by atoms with van der Waals surface area (Å²) >= 11 is 5.74. The molecule has 0 N–H and O–H groups in total. The normalized spacial score (nSPS) is 12.5. The number of ketones is 1. The van der Waals surface area contributed by atoms with Crippen LogP contribution in [-0.4, -0.2) is 11.2 Å².